The third-order valence-corrected chi connectivity index (χ3v) is 12.5. The Labute approximate surface area is 460 Å². The zero-order valence-electron chi connectivity index (χ0n) is 48.7. The van der Waals surface area contributed by atoms with Crippen LogP contribution >= 0.6 is 0 Å². The van der Waals surface area contributed by atoms with Crippen LogP contribution in [-0.4, -0.2) is 87.4 Å². The Morgan fingerprint density at radius 1 is 0.413 bits per heavy atom. The highest BCUT2D eigenvalue weighted by molar-refractivity contribution is 5.71. The van der Waals surface area contributed by atoms with Gasteiger partial charge < -0.3 is 28.5 Å². The van der Waals surface area contributed by atoms with Crippen LogP contribution in [0.5, 0.6) is 0 Å². The molecule has 0 saturated carbocycles. The summed E-state index contributed by atoms with van der Waals surface area (Å²) in [6, 6.07) is 0. The van der Waals surface area contributed by atoms with Gasteiger partial charge in [-0.25, -0.2) is 4.79 Å². The summed E-state index contributed by atoms with van der Waals surface area (Å²) in [5.74, 6) is -2.01. The molecule has 0 aliphatic carbocycles. The van der Waals surface area contributed by atoms with Gasteiger partial charge in [0.1, 0.15) is 13.2 Å². The molecule has 0 aliphatic heterocycles. The first-order valence-corrected chi connectivity index (χ1v) is 30.1. The van der Waals surface area contributed by atoms with Gasteiger partial charge in [-0.3, -0.25) is 9.59 Å². The maximum absolute atomic E-state index is 12.8. The maximum atomic E-state index is 12.8. The minimum Gasteiger partial charge on any atom is -0.477 e. The van der Waals surface area contributed by atoms with Gasteiger partial charge in [-0.15, -0.1) is 0 Å². The highest BCUT2D eigenvalue weighted by atomic mass is 16.7. The molecule has 0 rings (SSSR count). The molecule has 0 spiro atoms. The first-order chi connectivity index (χ1) is 36.6. The molecular formula is C66H112NO8+. The minimum absolute atomic E-state index is 0.184. The summed E-state index contributed by atoms with van der Waals surface area (Å²) in [6.45, 7) is 4.73. The number of nitrogens with zero attached hydrogens (tertiary/aromatic N) is 1. The lowest BCUT2D eigenvalue weighted by molar-refractivity contribution is -0.870. The van der Waals surface area contributed by atoms with Crippen molar-refractivity contribution in [3.05, 3.63) is 109 Å². The molecule has 0 saturated heterocycles. The van der Waals surface area contributed by atoms with E-state index in [0.29, 0.717) is 23.9 Å². The van der Waals surface area contributed by atoms with Crippen molar-refractivity contribution in [2.24, 2.45) is 0 Å². The molecule has 0 aromatic heterocycles. The SMILES string of the molecule is CC/C=C\C/C=C\C/C=C\C/C=C\C/C=C\C/C=C\C/C=C\C/C=C\C/C=C\CCCCCCCCCCCCCCCC(=O)OC(COC(=O)CCCCCCCCCCC)COC(OCC[N+](C)(C)C)C(=O)O. The smallest absolute Gasteiger partial charge is 0.361 e. The predicted octanol–water partition coefficient (Wildman–Crippen LogP) is 17.9. The van der Waals surface area contributed by atoms with Crippen LogP contribution in [0.1, 0.15) is 232 Å². The van der Waals surface area contributed by atoms with Crippen molar-refractivity contribution in [1.29, 1.82) is 0 Å². The zero-order chi connectivity index (χ0) is 54.8. The second kappa shape index (κ2) is 56.2. The maximum Gasteiger partial charge on any atom is 0.361 e. The van der Waals surface area contributed by atoms with E-state index in [4.69, 9.17) is 18.9 Å². The molecule has 0 aromatic carbocycles. The summed E-state index contributed by atoms with van der Waals surface area (Å²) in [4.78, 5) is 37.2. The van der Waals surface area contributed by atoms with E-state index < -0.39 is 24.3 Å². The lowest BCUT2D eigenvalue weighted by Gasteiger charge is -2.25. The first-order valence-electron chi connectivity index (χ1n) is 30.1. The van der Waals surface area contributed by atoms with Crippen molar-refractivity contribution in [2.45, 2.75) is 245 Å². The molecule has 0 aliphatic rings. The van der Waals surface area contributed by atoms with Gasteiger partial charge in [-0.2, -0.15) is 0 Å². The summed E-state index contributed by atoms with van der Waals surface area (Å²) in [5, 5.41) is 9.66. The third-order valence-electron chi connectivity index (χ3n) is 12.5. The van der Waals surface area contributed by atoms with E-state index in [1.54, 1.807) is 0 Å². The Bertz CT molecular complexity index is 1590. The molecule has 0 bridgehead atoms. The van der Waals surface area contributed by atoms with Crippen molar-refractivity contribution in [3.63, 3.8) is 0 Å². The first kappa shape index (κ1) is 71.0. The van der Waals surface area contributed by atoms with E-state index in [9.17, 15) is 19.5 Å². The number of unbranched alkanes of at least 4 members (excludes halogenated alkanes) is 21. The molecule has 75 heavy (non-hydrogen) atoms. The van der Waals surface area contributed by atoms with Crippen molar-refractivity contribution < 1.29 is 42.9 Å². The minimum atomic E-state index is -1.51. The fourth-order valence-corrected chi connectivity index (χ4v) is 7.95. The number of carboxylic acids is 1. The molecule has 9 heteroatoms. The lowest BCUT2D eigenvalue weighted by Crippen LogP contribution is -2.40. The summed E-state index contributed by atoms with van der Waals surface area (Å²) in [6.07, 6.45) is 74.9. The highest BCUT2D eigenvalue weighted by Gasteiger charge is 2.25. The molecule has 0 radical (unpaired) electrons. The van der Waals surface area contributed by atoms with E-state index in [1.165, 1.54) is 103 Å². The fourth-order valence-electron chi connectivity index (χ4n) is 7.95. The summed E-state index contributed by atoms with van der Waals surface area (Å²) >= 11 is 0. The number of carbonyl (C=O) groups excluding carboxylic acids is 2. The summed E-state index contributed by atoms with van der Waals surface area (Å²) in [5.41, 5.74) is 0. The number of ether oxygens (including phenoxy) is 4. The number of hydrogen-bond donors (Lipinski definition) is 1. The number of allylic oxidation sites excluding steroid dienone is 18. The van der Waals surface area contributed by atoms with Crippen LogP contribution < -0.4 is 0 Å². The number of carbonyl (C=O) groups is 3. The second-order valence-electron chi connectivity index (χ2n) is 20.9. The standard InChI is InChI=1S/C66H111NO8/c1-6-8-10-12-14-16-17-18-19-20-21-22-23-24-25-26-27-28-29-30-31-32-33-34-35-36-37-38-39-40-41-42-43-44-45-46-47-49-51-53-55-57-64(69)75-62(61-74-66(65(70)71)72-59-58-67(3,4)5)60-73-63(68)56-54-52-50-48-15-13-11-9-7-2/h8,10,14,16,18-19,21-22,24-25,27-28,30-31,33-34,36-37,62,66H,6-7,9,11-13,15,17,20,23,26,29,32,35,38-61H2,1-5H3/p+1/b10-8-,16-14-,19-18-,22-21-,25-24-,28-27-,31-30-,34-33-,37-36-. The predicted molar refractivity (Wildman–Crippen MR) is 318 cm³/mol. The topological polar surface area (TPSA) is 108 Å². The van der Waals surface area contributed by atoms with Crippen LogP contribution in [0.3, 0.4) is 0 Å². The van der Waals surface area contributed by atoms with Gasteiger partial charge in [-0.1, -0.05) is 245 Å². The molecular weight excluding hydrogens is 935 g/mol. The number of quaternary nitrogens is 1. The fraction of sp³-hybridized carbons (Fsp3) is 0.682. The number of aliphatic carboxylic acids is 1. The van der Waals surface area contributed by atoms with Crippen LogP contribution in [0, 0.1) is 0 Å². The van der Waals surface area contributed by atoms with Gasteiger partial charge in [0, 0.05) is 12.8 Å². The van der Waals surface area contributed by atoms with Gasteiger partial charge in [0.05, 0.1) is 34.4 Å². The average Bonchev–Trinajstić information content (AvgIpc) is 3.38. The van der Waals surface area contributed by atoms with Gasteiger partial charge in [-0.05, 0) is 83.5 Å². The van der Waals surface area contributed by atoms with Crippen LogP contribution in [-0.2, 0) is 33.3 Å². The van der Waals surface area contributed by atoms with Crippen molar-refractivity contribution >= 4 is 17.9 Å². The number of rotatable bonds is 54. The quantitative estimate of drug-likeness (QED) is 0.0211. The Morgan fingerprint density at radius 3 is 1.13 bits per heavy atom. The van der Waals surface area contributed by atoms with E-state index in [0.717, 1.165) is 96.3 Å². The van der Waals surface area contributed by atoms with Crippen LogP contribution in [0.15, 0.2) is 109 Å². The second-order valence-corrected chi connectivity index (χ2v) is 20.9. The summed E-state index contributed by atoms with van der Waals surface area (Å²) in [7, 11) is 5.96. The number of esters is 2. The van der Waals surface area contributed by atoms with Crippen LogP contribution in [0.4, 0.5) is 0 Å². The highest BCUT2D eigenvalue weighted by Crippen LogP contribution is 2.16. The average molecular weight is 1050 g/mol. The van der Waals surface area contributed by atoms with Crippen molar-refractivity contribution in [1.82, 2.24) is 0 Å². The van der Waals surface area contributed by atoms with E-state index >= 15 is 0 Å². The zero-order valence-corrected chi connectivity index (χ0v) is 48.7. The van der Waals surface area contributed by atoms with E-state index in [1.807, 2.05) is 21.1 Å². The molecule has 0 amide bonds. The molecule has 2 atom stereocenters. The van der Waals surface area contributed by atoms with Crippen molar-refractivity contribution in [3.8, 4) is 0 Å². The van der Waals surface area contributed by atoms with E-state index in [2.05, 4.69) is 123 Å². The van der Waals surface area contributed by atoms with Crippen LogP contribution in [0.2, 0.25) is 0 Å². The van der Waals surface area contributed by atoms with Gasteiger partial charge in [0.2, 0.25) is 0 Å². The Hall–Kier alpha value is -4.05. The number of carboxylic acid groups (broad SMARTS) is 1. The molecule has 2 unspecified atom stereocenters. The molecule has 428 valence electrons. The molecule has 0 aromatic rings. The van der Waals surface area contributed by atoms with E-state index in [-0.39, 0.29) is 32.2 Å². The normalized spacial score (nSPS) is 13.6. The molecule has 0 fully saturated rings. The Kier molecular flexibility index (Phi) is 53.1. The van der Waals surface area contributed by atoms with Crippen LogP contribution in [0.25, 0.3) is 0 Å². The largest absolute Gasteiger partial charge is 0.477 e. The molecule has 0 heterocycles. The third kappa shape index (κ3) is 57.5. The van der Waals surface area contributed by atoms with Gasteiger partial charge in [0.25, 0.3) is 6.29 Å². The Morgan fingerprint density at radius 2 is 0.760 bits per heavy atom. The monoisotopic (exact) mass is 1050 g/mol. The van der Waals surface area contributed by atoms with Gasteiger partial charge in [0.15, 0.2) is 6.10 Å². The molecule has 9 nitrogen and oxygen atoms in total. The van der Waals surface area contributed by atoms with Gasteiger partial charge >= 0.3 is 17.9 Å². The molecule has 1 N–H and O–H groups in total. The Balaban J connectivity index is 4.01. The van der Waals surface area contributed by atoms with Crippen molar-refractivity contribution in [2.75, 3.05) is 47.5 Å². The number of likely N-dealkylation sites (N-methyl/N-ethyl adjacent to an activating group) is 1. The number of hydrogen-bond acceptors (Lipinski definition) is 7. The summed E-state index contributed by atoms with van der Waals surface area (Å²) < 4.78 is 22.8. The lowest BCUT2D eigenvalue weighted by atomic mass is 10.0.